The number of carbonyl (C=O) groups excluding carboxylic acids is 1. The predicted octanol–water partition coefficient (Wildman–Crippen LogP) is 3.32. The van der Waals surface area contributed by atoms with E-state index in [1.165, 1.54) is 10.4 Å². The first kappa shape index (κ1) is 19.6. The maximum absolute atomic E-state index is 12.9. The Hall–Kier alpha value is -2.68. The van der Waals surface area contributed by atoms with E-state index in [0.717, 1.165) is 16.5 Å². The van der Waals surface area contributed by atoms with Crippen molar-refractivity contribution in [1.82, 2.24) is 4.31 Å². The van der Waals surface area contributed by atoms with Gasteiger partial charge < -0.3 is 14.5 Å². The molecule has 1 aliphatic heterocycles. The number of benzene rings is 2. The molecule has 29 heavy (non-hydrogen) atoms. The van der Waals surface area contributed by atoms with E-state index in [2.05, 4.69) is 5.32 Å². The van der Waals surface area contributed by atoms with Gasteiger partial charge in [-0.05, 0) is 37.6 Å². The van der Waals surface area contributed by atoms with Crippen molar-refractivity contribution in [1.29, 1.82) is 0 Å². The topological polar surface area (TPSA) is 88.9 Å². The minimum atomic E-state index is -3.65. The number of rotatable bonds is 4. The predicted molar refractivity (Wildman–Crippen MR) is 110 cm³/mol. The molecule has 3 aromatic rings. The lowest BCUT2D eigenvalue weighted by atomic mass is 10.1. The van der Waals surface area contributed by atoms with Crippen LogP contribution in [-0.4, -0.2) is 44.9 Å². The Morgan fingerprint density at radius 3 is 2.52 bits per heavy atom. The lowest BCUT2D eigenvalue weighted by Crippen LogP contribution is -2.40. The highest BCUT2D eigenvalue weighted by Crippen LogP contribution is 2.28. The van der Waals surface area contributed by atoms with E-state index in [-0.39, 0.29) is 10.7 Å². The van der Waals surface area contributed by atoms with Gasteiger partial charge in [-0.2, -0.15) is 4.31 Å². The van der Waals surface area contributed by atoms with Crippen LogP contribution in [0.15, 0.2) is 51.8 Å². The maximum Gasteiger partial charge on any atom is 0.291 e. The Morgan fingerprint density at radius 1 is 1.07 bits per heavy atom. The molecule has 0 aliphatic carbocycles. The zero-order valence-electron chi connectivity index (χ0n) is 16.3. The standard InChI is InChI=1S/C21H22N2O5S/c1-14-7-8-16(29(25,26)23-9-11-27-12-10-23)13-18(14)22-21(24)20-15(2)17-5-3-4-6-19(17)28-20/h3-8,13H,9-12H2,1-2H3,(H,22,24). The van der Waals surface area contributed by atoms with Crippen molar-refractivity contribution in [3.05, 3.63) is 59.4 Å². The van der Waals surface area contributed by atoms with Crippen LogP contribution >= 0.6 is 0 Å². The highest BCUT2D eigenvalue weighted by atomic mass is 32.2. The number of ether oxygens (including phenoxy) is 1. The molecule has 8 heteroatoms. The van der Waals surface area contributed by atoms with Crippen molar-refractivity contribution in [3.63, 3.8) is 0 Å². The summed E-state index contributed by atoms with van der Waals surface area (Å²) in [6, 6.07) is 12.2. The van der Waals surface area contributed by atoms with E-state index in [1.807, 2.05) is 32.0 Å². The summed E-state index contributed by atoms with van der Waals surface area (Å²) in [5.74, 6) is -0.199. The number of nitrogens with one attached hydrogen (secondary N) is 1. The van der Waals surface area contributed by atoms with E-state index in [4.69, 9.17) is 9.15 Å². The number of hydrogen-bond acceptors (Lipinski definition) is 5. The molecule has 0 atom stereocenters. The van der Waals surface area contributed by atoms with Crippen molar-refractivity contribution >= 4 is 32.6 Å². The fraction of sp³-hybridized carbons (Fsp3) is 0.286. The molecular formula is C21H22N2O5S. The van der Waals surface area contributed by atoms with Crippen LogP contribution in [0.25, 0.3) is 11.0 Å². The number of nitrogens with zero attached hydrogens (tertiary/aromatic N) is 1. The molecule has 0 bridgehead atoms. The Morgan fingerprint density at radius 2 is 1.79 bits per heavy atom. The van der Waals surface area contributed by atoms with Crippen LogP contribution in [0, 0.1) is 13.8 Å². The number of morpholine rings is 1. The lowest BCUT2D eigenvalue weighted by molar-refractivity contribution is 0.0730. The molecule has 1 aromatic heterocycles. The van der Waals surface area contributed by atoms with Crippen LogP contribution in [0.3, 0.4) is 0 Å². The molecule has 0 spiro atoms. The minimum absolute atomic E-state index is 0.140. The van der Waals surface area contributed by atoms with Crippen molar-refractivity contribution in [2.24, 2.45) is 0 Å². The number of amides is 1. The number of sulfonamides is 1. The molecule has 1 aliphatic rings. The molecule has 1 amide bonds. The first-order chi connectivity index (χ1) is 13.9. The summed E-state index contributed by atoms with van der Waals surface area (Å²) < 4.78 is 38.2. The van der Waals surface area contributed by atoms with Gasteiger partial charge in [0.15, 0.2) is 5.76 Å². The largest absolute Gasteiger partial charge is 0.451 e. The molecule has 7 nitrogen and oxygen atoms in total. The van der Waals surface area contributed by atoms with Gasteiger partial charge in [0, 0.05) is 29.7 Å². The molecule has 2 heterocycles. The zero-order valence-corrected chi connectivity index (χ0v) is 17.1. The van der Waals surface area contributed by atoms with Gasteiger partial charge in [-0.25, -0.2) is 8.42 Å². The number of para-hydroxylation sites is 1. The zero-order chi connectivity index (χ0) is 20.6. The molecule has 1 saturated heterocycles. The average Bonchev–Trinajstić information content (AvgIpc) is 3.07. The van der Waals surface area contributed by atoms with Crippen molar-refractivity contribution in [2.45, 2.75) is 18.7 Å². The van der Waals surface area contributed by atoms with Crippen LogP contribution in [-0.2, 0) is 14.8 Å². The quantitative estimate of drug-likeness (QED) is 0.707. The van der Waals surface area contributed by atoms with Crippen LogP contribution in [0.1, 0.15) is 21.7 Å². The van der Waals surface area contributed by atoms with Crippen LogP contribution in [0.4, 0.5) is 5.69 Å². The van der Waals surface area contributed by atoms with E-state index in [0.29, 0.717) is 37.6 Å². The fourth-order valence-corrected chi connectivity index (χ4v) is 4.84. The number of anilines is 1. The summed E-state index contributed by atoms with van der Waals surface area (Å²) in [5.41, 5.74) is 2.57. The molecule has 1 fully saturated rings. The van der Waals surface area contributed by atoms with E-state index >= 15 is 0 Å². The van der Waals surface area contributed by atoms with Gasteiger partial charge in [-0.15, -0.1) is 0 Å². The number of hydrogen-bond donors (Lipinski definition) is 1. The smallest absolute Gasteiger partial charge is 0.291 e. The van der Waals surface area contributed by atoms with Gasteiger partial charge in [0.1, 0.15) is 5.58 Å². The van der Waals surface area contributed by atoms with Crippen molar-refractivity contribution in [3.8, 4) is 0 Å². The second kappa shape index (κ2) is 7.62. The molecule has 2 aromatic carbocycles. The van der Waals surface area contributed by atoms with E-state index < -0.39 is 15.9 Å². The third kappa shape index (κ3) is 3.66. The molecule has 152 valence electrons. The normalized spacial score (nSPS) is 15.5. The third-order valence-corrected chi connectivity index (χ3v) is 7.01. The summed E-state index contributed by atoms with van der Waals surface area (Å²) in [4.78, 5) is 13.0. The summed E-state index contributed by atoms with van der Waals surface area (Å²) >= 11 is 0. The molecule has 0 unspecified atom stereocenters. The second-order valence-electron chi connectivity index (χ2n) is 7.00. The van der Waals surface area contributed by atoms with E-state index in [9.17, 15) is 13.2 Å². The highest BCUT2D eigenvalue weighted by Gasteiger charge is 2.27. The first-order valence-corrected chi connectivity index (χ1v) is 10.8. The summed E-state index contributed by atoms with van der Waals surface area (Å²) in [6.45, 7) is 5.02. The van der Waals surface area contributed by atoms with Gasteiger partial charge >= 0.3 is 0 Å². The summed E-state index contributed by atoms with van der Waals surface area (Å²) in [5, 5.41) is 3.68. The molecule has 0 saturated carbocycles. The second-order valence-corrected chi connectivity index (χ2v) is 8.94. The van der Waals surface area contributed by atoms with Gasteiger partial charge in [0.05, 0.1) is 18.1 Å². The average molecular weight is 414 g/mol. The third-order valence-electron chi connectivity index (χ3n) is 5.11. The summed E-state index contributed by atoms with van der Waals surface area (Å²) in [7, 11) is -3.65. The maximum atomic E-state index is 12.9. The fourth-order valence-electron chi connectivity index (χ4n) is 3.40. The molecule has 0 radical (unpaired) electrons. The monoisotopic (exact) mass is 414 g/mol. The number of aryl methyl sites for hydroxylation is 2. The van der Waals surface area contributed by atoms with E-state index in [1.54, 1.807) is 18.2 Å². The highest BCUT2D eigenvalue weighted by molar-refractivity contribution is 7.89. The number of fused-ring (bicyclic) bond motifs is 1. The first-order valence-electron chi connectivity index (χ1n) is 9.36. The van der Waals surface area contributed by atoms with Crippen molar-refractivity contribution < 1.29 is 22.4 Å². The lowest BCUT2D eigenvalue weighted by Gasteiger charge is -2.26. The number of furan rings is 1. The van der Waals surface area contributed by atoms with Gasteiger partial charge in [0.25, 0.3) is 5.91 Å². The SMILES string of the molecule is Cc1ccc(S(=O)(=O)N2CCOCC2)cc1NC(=O)c1oc2ccccc2c1C. The van der Waals surface area contributed by atoms with Crippen molar-refractivity contribution in [2.75, 3.05) is 31.6 Å². The Labute approximate surface area is 169 Å². The Kier molecular flexibility index (Phi) is 5.16. The van der Waals surface area contributed by atoms with Gasteiger partial charge in [0.2, 0.25) is 10.0 Å². The number of carbonyl (C=O) groups is 1. The molecule has 1 N–H and O–H groups in total. The Bertz CT molecular complexity index is 1180. The van der Waals surface area contributed by atoms with Crippen LogP contribution in [0.5, 0.6) is 0 Å². The molecular weight excluding hydrogens is 392 g/mol. The van der Waals surface area contributed by atoms with Crippen LogP contribution < -0.4 is 5.32 Å². The Balaban J connectivity index is 1.64. The molecule has 4 rings (SSSR count). The summed E-state index contributed by atoms with van der Waals surface area (Å²) in [6.07, 6.45) is 0. The van der Waals surface area contributed by atoms with Crippen LogP contribution in [0.2, 0.25) is 0 Å². The van der Waals surface area contributed by atoms with Gasteiger partial charge in [-0.1, -0.05) is 24.3 Å². The minimum Gasteiger partial charge on any atom is -0.451 e. The van der Waals surface area contributed by atoms with Gasteiger partial charge in [-0.3, -0.25) is 4.79 Å².